The van der Waals surface area contributed by atoms with E-state index in [-0.39, 0.29) is 36.7 Å². The SMILES string of the molecule is CCCOc1cc([N+](=O)[O-])c(C(O)CCC)c([N+](=O)[O-])c1OCCC. The Morgan fingerprint density at radius 1 is 1.04 bits per heavy atom. The Morgan fingerprint density at radius 2 is 1.64 bits per heavy atom. The second kappa shape index (κ2) is 9.77. The molecular formula is C16H24N2O7. The van der Waals surface area contributed by atoms with Gasteiger partial charge < -0.3 is 14.6 Å². The number of benzene rings is 1. The van der Waals surface area contributed by atoms with Crippen molar-refractivity contribution in [2.75, 3.05) is 13.2 Å². The lowest BCUT2D eigenvalue weighted by Gasteiger charge is -2.17. The molecule has 0 aliphatic heterocycles. The molecule has 25 heavy (non-hydrogen) atoms. The van der Waals surface area contributed by atoms with E-state index in [1.165, 1.54) is 0 Å². The van der Waals surface area contributed by atoms with Gasteiger partial charge >= 0.3 is 5.69 Å². The first kappa shape index (κ1) is 20.6. The van der Waals surface area contributed by atoms with Crippen LogP contribution >= 0.6 is 0 Å². The summed E-state index contributed by atoms with van der Waals surface area (Å²) in [7, 11) is 0. The van der Waals surface area contributed by atoms with Gasteiger partial charge in [0, 0.05) is 0 Å². The Balaban J connectivity index is 3.71. The van der Waals surface area contributed by atoms with E-state index < -0.39 is 27.3 Å². The minimum Gasteiger partial charge on any atom is -0.489 e. The molecule has 0 amide bonds. The third-order valence-corrected chi connectivity index (χ3v) is 3.42. The lowest BCUT2D eigenvalue weighted by molar-refractivity contribution is -0.397. The highest BCUT2D eigenvalue weighted by Gasteiger charge is 2.37. The maximum atomic E-state index is 11.7. The Labute approximate surface area is 145 Å². The van der Waals surface area contributed by atoms with Crippen molar-refractivity contribution >= 4 is 11.4 Å². The number of aliphatic hydroxyl groups is 1. The molecule has 0 radical (unpaired) electrons. The first-order valence-corrected chi connectivity index (χ1v) is 8.32. The van der Waals surface area contributed by atoms with Gasteiger partial charge in [-0.05, 0) is 19.3 Å². The molecule has 0 aliphatic carbocycles. The van der Waals surface area contributed by atoms with Crippen molar-refractivity contribution < 1.29 is 24.4 Å². The highest BCUT2D eigenvalue weighted by atomic mass is 16.6. The second-order valence-corrected chi connectivity index (χ2v) is 5.50. The van der Waals surface area contributed by atoms with Gasteiger partial charge in [-0.25, -0.2) is 0 Å². The van der Waals surface area contributed by atoms with Crippen LogP contribution in [0.15, 0.2) is 6.07 Å². The molecule has 1 aromatic rings. The average Bonchev–Trinajstić information content (AvgIpc) is 2.56. The van der Waals surface area contributed by atoms with Gasteiger partial charge in [-0.15, -0.1) is 0 Å². The lowest BCUT2D eigenvalue weighted by Crippen LogP contribution is -2.11. The van der Waals surface area contributed by atoms with Crippen LogP contribution in [0.25, 0.3) is 0 Å². The van der Waals surface area contributed by atoms with E-state index >= 15 is 0 Å². The molecule has 9 nitrogen and oxygen atoms in total. The fraction of sp³-hybridized carbons (Fsp3) is 0.625. The number of rotatable bonds is 11. The summed E-state index contributed by atoms with van der Waals surface area (Å²) in [5.74, 6) is -0.225. The molecule has 1 atom stereocenters. The smallest absolute Gasteiger partial charge is 0.327 e. The van der Waals surface area contributed by atoms with Gasteiger partial charge in [0.2, 0.25) is 5.75 Å². The average molecular weight is 356 g/mol. The van der Waals surface area contributed by atoms with Gasteiger partial charge in [0.05, 0.1) is 35.2 Å². The van der Waals surface area contributed by atoms with E-state index in [2.05, 4.69) is 0 Å². The Bertz CT molecular complexity index is 619. The molecule has 0 spiro atoms. The molecule has 0 aromatic heterocycles. The van der Waals surface area contributed by atoms with Crippen molar-refractivity contribution in [3.63, 3.8) is 0 Å². The Hall–Kier alpha value is -2.42. The zero-order valence-corrected chi connectivity index (χ0v) is 14.7. The molecular weight excluding hydrogens is 332 g/mol. The molecule has 0 heterocycles. The molecule has 1 rings (SSSR count). The van der Waals surface area contributed by atoms with Crippen LogP contribution < -0.4 is 9.47 Å². The standard InChI is InChI=1S/C16H24N2O7/c1-4-7-12(19)14-11(17(20)21)10-13(24-8-5-2)16(25-9-6-3)15(14)18(22)23/h10,12,19H,4-9H2,1-3H3. The van der Waals surface area contributed by atoms with Crippen molar-refractivity contribution in [2.24, 2.45) is 0 Å². The van der Waals surface area contributed by atoms with Crippen molar-refractivity contribution in [1.82, 2.24) is 0 Å². The number of ether oxygens (including phenoxy) is 2. The minimum atomic E-state index is -1.34. The molecule has 1 N–H and O–H groups in total. The van der Waals surface area contributed by atoms with Gasteiger partial charge in [-0.1, -0.05) is 27.2 Å². The summed E-state index contributed by atoms with van der Waals surface area (Å²) in [5, 5.41) is 33.4. The third kappa shape index (κ3) is 5.02. The first-order chi connectivity index (χ1) is 11.9. The summed E-state index contributed by atoms with van der Waals surface area (Å²) in [6.07, 6.45) is 0.539. The highest BCUT2D eigenvalue weighted by molar-refractivity contribution is 5.69. The number of nitrogens with zero attached hydrogens (tertiary/aromatic N) is 2. The van der Waals surface area contributed by atoms with Gasteiger partial charge in [0.25, 0.3) is 5.69 Å². The van der Waals surface area contributed by atoms with Crippen LogP contribution in [0.5, 0.6) is 11.5 Å². The minimum absolute atomic E-state index is 0.0545. The molecule has 1 aromatic carbocycles. The second-order valence-electron chi connectivity index (χ2n) is 5.50. The maximum absolute atomic E-state index is 11.7. The van der Waals surface area contributed by atoms with Crippen LogP contribution in [-0.4, -0.2) is 28.2 Å². The summed E-state index contributed by atoms with van der Waals surface area (Å²) >= 11 is 0. The molecule has 0 fully saturated rings. The van der Waals surface area contributed by atoms with Crippen LogP contribution in [0.2, 0.25) is 0 Å². The van der Waals surface area contributed by atoms with Crippen molar-refractivity contribution in [1.29, 1.82) is 0 Å². The fourth-order valence-corrected chi connectivity index (χ4v) is 2.37. The maximum Gasteiger partial charge on any atom is 0.327 e. The van der Waals surface area contributed by atoms with Gasteiger partial charge in [0.1, 0.15) is 5.56 Å². The quantitative estimate of drug-likeness (QED) is 0.470. The number of nitro benzene ring substituents is 2. The summed E-state index contributed by atoms with van der Waals surface area (Å²) in [5.41, 5.74) is -1.48. The largest absolute Gasteiger partial charge is 0.489 e. The van der Waals surface area contributed by atoms with Gasteiger partial charge in [-0.2, -0.15) is 0 Å². The van der Waals surface area contributed by atoms with E-state index in [4.69, 9.17) is 9.47 Å². The predicted octanol–water partition coefficient (Wildman–Crippen LogP) is 3.91. The van der Waals surface area contributed by atoms with E-state index in [0.717, 1.165) is 6.07 Å². The third-order valence-electron chi connectivity index (χ3n) is 3.42. The summed E-state index contributed by atoms with van der Waals surface area (Å²) in [4.78, 5) is 21.6. The molecule has 0 aliphatic rings. The zero-order valence-electron chi connectivity index (χ0n) is 14.7. The van der Waals surface area contributed by atoms with Gasteiger partial charge in [-0.3, -0.25) is 20.2 Å². The van der Waals surface area contributed by atoms with Crippen molar-refractivity contribution in [3.8, 4) is 11.5 Å². The normalized spacial score (nSPS) is 11.8. The van der Waals surface area contributed by atoms with E-state index in [1.807, 2.05) is 13.8 Å². The number of hydrogen-bond donors (Lipinski definition) is 1. The predicted molar refractivity (Wildman–Crippen MR) is 91.2 cm³/mol. The van der Waals surface area contributed by atoms with Crippen molar-refractivity contribution in [3.05, 3.63) is 31.9 Å². The van der Waals surface area contributed by atoms with E-state index in [0.29, 0.717) is 19.3 Å². The highest BCUT2D eigenvalue weighted by Crippen LogP contribution is 2.48. The van der Waals surface area contributed by atoms with E-state index in [1.54, 1.807) is 6.92 Å². The van der Waals surface area contributed by atoms with Crippen LogP contribution in [0.1, 0.15) is 58.1 Å². The topological polar surface area (TPSA) is 125 Å². The summed E-state index contributed by atoms with van der Waals surface area (Å²) in [6, 6.07) is 1.10. The number of aliphatic hydroxyl groups excluding tert-OH is 1. The molecule has 0 bridgehead atoms. The van der Waals surface area contributed by atoms with Crippen LogP contribution in [-0.2, 0) is 0 Å². The molecule has 0 saturated heterocycles. The number of hydrogen-bond acceptors (Lipinski definition) is 7. The first-order valence-electron chi connectivity index (χ1n) is 8.32. The molecule has 0 saturated carbocycles. The van der Waals surface area contributed by atoms with Crippen LogP contribution in [0, 0.1) is 20.2 Å². The Kier molecular flexibility index (Phi) is 8.06. The molecule has 1 unspecified atom stereocenters. The van der Waals surface area contributed by atoms with E-state index in [9.17, 15) is 25.3 Å². The molecule has 9 heteroatoms. The monoisotopic (exact) mass is 356 g/mol. The van der Waals surface area contributed by atoms with Crippen LogP contribution in [0.3, 0.4) is 0 Å². The van der Waals surface area contributed by atoms with Crippen LogP contribution in [0.4, 0.5) is 11.4 Å². The Morgan fingerprint density at radius 3 is 2.12 bits per heavy atom. The van der Waals surface area contributed by atoms with Crippen molar-refractivity contribution in [2.45, 2.75) is 52.6 Å². The molecule has 140 valence electrons. The lowest BCUT2D eigenvalue weighted by atomic mass is 10.00. The van der Waals surface area contributed by atoms with Gasteiger partial charge in [0.15, 0.2) is 5.75 Å². The number of nitro groups is 2. The fourth-order valence-electron chi connectivity index (χ4n) is 2.37. The summed E-state index contributed by atoms with van der Waals surface area (Å²) in [6.45, 7) is 5.86. The summed E-state index contributed by atoms with van der Waals surface area (Å²) < 4.78 is 10.9. The zero-order chi connectivity index (χ0) is 19.0.